The van der Waals surface area contributed by atoms with E-state index < -0.39 is 10.8 Å². The van der Waals surface area contributed by atoms with Crippen molar-refractivity contribution in [2.75, 3.05) is 7.11 Å². The molecule has 0 aromatic carbocycles. The Morgan fingerprint density at radius 1 is 1.30 bits per heavy atom. The van der Waals surface area contributed by atoms with Crippen LogP contribution >= 0.6 is 0 Å². The monoisotopic (exact) mass is 372 g/mol. The lowest BCUT2D eigenvalue weighted by atomic mass is 9.51. The van der Waals surface area contributed by atoms with Crippen LogP contribution in [0.4, 0.5) is 0 Å². The fourth-order valence-corrected chi connectivity index (χ4v) is 5.15. The fraction of sp³-hybridized carbons (Fsp3) is 0.667. The maximum Gasteiger partial charge on any atom is 0.176 e. The number of hydrogen-bond donors (Lipinski definition) is 0. The quantitative estimate of drug-likeness (QED) is 0.452. The molecule has 2 aliphatic carbocycles. The van der Waals surface area contributed by atoms with Crippen LogP contribution in [-0.4, -0.2) is 18.7 Å². The van der Waals surface area contributed by atoms with E-state index in [1.54, 1.807) is 7.11 Å². The van der Waals surface area contributed by atoms with Crippen molar-refractivity contribution in [1.82, 2.24) is 0 Å². The average Bonchev–Trinajstić information content (AvgIpc) is 2.59. The number of ether oxygens (including phenoxy) is 1. The van der Waals surface area contributed by atoms with Crippen molar-refractivity contribution in [2.24, 2.45) is 22.7 Å². The lowest BCUT2D eigenvalue weighted by Crippen LogP contribution is -2.57. The second-order valence-corrected chi connectivity index (χ2v) is 9.35. The molecule has 0 radical (unpaired) electrons. The van der Waals surface area contributed by atoms with Crippen LogP contribution < -0.4 is 0 Å². The second kappa shape index (κ2) is 7.77. The van der Waals surface area contributed by atoms with Crippen molar-refractivity contribution in [3.8, 4) is 0 Å². The first kappa shape index (κ1) is 21.7. The van der Waals surface area contributed by atoms with Crippen LogP contribution in [0.15, 0.2) is 34.6 Å². The van der Waals surface area contributed by atoms with Crippen LogP contribution in [0.3, 0.4) is 0 Å². The van der Waals surface area contributed by atoms with E-state index in [-0.39, 0.29) is 23.4 Å². The molecule has 0 amide bonds. The molecule has 0 saturated carbocycles. The Hall–Kier alpha value is -1.64. The number of methoxy groups -OCH3 is 1. The lowest BCUT2D eigenvalue weighted by molar-refractivity contribution is -0.153. The first-order valence-electron chi connectivity index (χ1n) is 10.2. The lowest BCUT2D eigenvalue weighted by Gasteiger charge is -2.50. The van der Waals surface area contributed by atoms with Gasteiger partial charge < -0.3 is 4.74 Å². The van der Waals surface area contributed by atoms with Gasteiger partial charge in [-0.15, -0.1) is 0 Å². The smallest absolute Gasteiger partial charge is 0.176 e. The summed E-state index contributed by atoms with van der Waals surface area (Å²) < 4.78 is 5.50. The largest absolute Gasteiger partial charge is 0.500 e. The molecule has 0 aliphatic heterocycles. The molecule has 0 aromatic heterocycles. The Balaban J connectivity index is 2.49. The molecule has 3 heteroatoms. The van der Waals surface area contributed by atoms with E-state index in [0.29, 0.717) is 17.8 Å². The van der Waals surface area contributed by atoms with Crippen LogP contribution in [0.1, 0.15) is 74.1 Å². The van der Waals surface area contributed by atoms with Crippen molar-refractivity contribution in [1.29, 1.82) is 0 Å². The zero-order valence-electron chi connectivity index (χ0n) is 18.4. The maximum atomic E-state index is 13.7. The van der Waals surface area contributed by atoms with Crippen LogP contribution in [0.5, 0.6) is 0 Å². The van der Waals surface area contributed by atoms with Gasteiger partial charge in [-0.1, -0.05) is 37.1 Å². The fourth-order valence-electron chi connectivity index (χ4n) is 5.15. The minimum atomic E-state index is -0.941. The van der Waals surface area contributed by atoms with Gasteiger partial charge in [0.15, 0.2) is 11.6 Å². The van der Waals surface area contributed by atoms with E-state index in [9.17, 15) is 9.59 Å². The molecule has 27 heavy (non-hydrogen) atoms. The minimum Gasteiger partial charge on any atom is -0.500 e. The summed E-state index contributed by atoms with van der Waals surface area (Å²) in [5, 5.41) is 0. The Morgan fingerprint density at radius 3 is 2.44 bits per heavy atom. The molecule has 0 saturated heterocycles. The Labute approximate surface area is 164 Å². The number of hydrogen-bond acceptors (Lipinski definition) is 3. The third-order valence-corrected chi connectivity index (χ3v) is 6.48. The van der Waals surface area contributed by atoms with Crippen LogP contribution in [0, 0.1) is 22.7 Å². The van der Waals surface area contributed by atoms with Gasteiger partial charge in [0.2, 0.25) is 0 Å². The Morgan fingerprint density at radius 2 is 1.93 bits per heavy atom. The second-order valence-electron chi connectivity index (χ2n) is 9.35. The molecular formula is C24H36O3. The van der Waals surface area contributed by atoms with E-state index in [4.69, 9.17) is 4.74 Å². The standard InChI is InChI=1S/C24H36O3/c1-15(2)10-9-11-18-12-13-24(19(14-18)16(3)4)20(25)17(5)21(27-8)23(6,7)22(24)26/h10,12,16,19H,9,11,13-14H2,1-8H3/t19-,24-/m1/s1. The highest BCUT2D eigenvalue weighted by atomic mass is 16.5. The van der Waals surface area contributed by atoms with Crippen LogP contribution in [0.25, 0.3) is 0 Å². The van der Waals surface area contributed by atoms with Crippen molar-refractivity contribution >= 4 is 11.6 Å². The predicted molar refractivity (Wildman–Crippen MR) is 110 cm³/mol. The van der Waals surface area contributed by atoms with Crippen LogP contribution in [-0.2, 0) is 14.3 Å². The van der Waals surface area contributed by atoms with E-state index in [0.717, 1.165) is 19.3 Å². The summed E-state index contributed by atoms with van der Waals surface area (Å²) in [4.78, 5) is 27.2. The first-order chi connectivity index (χ1) is 12.5. The minimum absolute atomic E-state index is 0.0260. The van der Waals surface area contributed by atoms with Crippen molar-refractivity contribution in [3.05, 3.63) is 34.6 Å². The van der Waals surface area contributed by atoms with E-state index in [2.05, 4.69) is 39.8 Å². The maximum absolute atomic E-state index is 13.7. The zero-order valence-corrected chi connectivity index (χ0v) is 18.4. The molecule has 0 bridgehead atoms. The number of Topliss-reactive ketones (excluding diaryl/α,β-unsaturated/α-hetero) is 2. The zero-order chi connectivity index (χ0) is 20.6. The van der Waals surface area contributed by atoms with Gasteiger partial charge in [-0.2, -0.15) is 0 Å². The van der Waals surface area contributed by atoms with Crippen molar-refractivity contribution in [3.63, 3.8) is 0 Å². The van der Waals surface area contributed by atoms with Gasteiger partial charge in [0.05, 0.1) is 17.9 Å². The summed E-state index contributed by atoms with van der Waals surface area (Å²) >= 11 is 0. The van der Waals surface area contributed by atoms with Gasteiger partial charge in [0, 0.05) is 5.57 Å². The topological polar surface area (TPSA) is 43.4 Å². The molecule has 0 aromatic rings. The SMILES string of the molecule is COC1=C(C)C(=O)[C@]2(CC=C(CCC=C(C)C)C[C@@H]2C(C)C)C(=O)C1(C)C. The van der Waals surface area contributed by atoms with E-state index in [1.807, 2.05) is 20.8 Å². The van der Waals surface area contributed by atoms with Gasteiger partial charge in [-0.25, -0.2) is 0 Å². The number of allylic oxidation sites excluding steroid dienone is 6. The molecule has 2 aliphatic rings. The number of rotatable bonds is 5. The normalized spacial score (nSPS) is 27.9. The number of carbonyl (C=O) groups excluding carboxylic acids is 2. The average molecular weight is 373 g/mol. The highest BCUT2D eigenvalue weighted by Crippen LogP contribution is 2.55. The third-order valence-electron chi connectivity index (χ3n) is 6.48. The molecule has 0 heterocycles. The molecular weight excluding hydrogens is 336 g/mol. The summed E-state index contributed by atoms with van der Waals surface area (Å²) in [6.07, 6.45) is 7.81. The summed E-state index contributed by atoms with van der Waals surface area (Å²) in [7, 11) is 1.56. The molecule has 2 rings (SSSR count). The van der Waals surface area contributed by atoms with Gasteiger partial charge in [0.1, 0.15) is 5.76 Å². The summed E-state index contributed by atoms with van der Waals surface area (Å²) in [6, 6.07) is 0. The van der Waals surface area contributed by atoms with Crippen molar-refractivity contribution in [2.45, 2.75) is 74.1 Å². The van der Waals surface area contributed by atoms with E-state index in [1.165, 1.54) is 11.1 Å². The highest BCUT2D eigenvalue weighted by Gasteiger charge is 2.61. The number of carbonyl (C=O) groups is 2. The molecule has 0 fully saturated rings. The van der Waals surface area contributed by atoms with Gasteiger partial charge >= 0.3 is 0 Å². The van der Waals surface area contributed by atoms with Crippen LogP contribution in [0.2, 0.25) is 0 Å². The van der Waals surface area contributed by atoms with Gasteiger partial charge in [0.25, 0.3) is 0 Å². The molecule has 2 atom stereocenters. The third kappa shape index (κ3) is 3.58. The van der Waals surface area contributed by atoms with Gasteiger partial charge in [-0.3, -0.25) is 9.59 Å². The summed E-state index contributed by atoms with van der Waals surface area (Å²) in [5.41, 5.74) is 1.62. The molecule has 150 valence electrons. The van der Waals surface area contributed by atoms with E-state index >= 15 is 0 Å². The van der Waals surface area contributed by atoms with Crippen molar-refractivity contribution < 1.29 is 14.3 Å². The molecule has 1 spiro atoms. The first-order valence-corrected chi connectivity index (χ1v) is 10.2. The Bertz CT molecular complexity index is 714. The summed E-state index contributed by atoms with van der Waals surface area (Å²) in [5.74, 6) is 0.835. The molecule has 0 unspecified atom stereocenters. The Kier molecular flexibility index (Phi) is 6.23. The highest BCUT2D eigenvalue weighted by molar-refractivity contribution is 6.19. The molecule has 0 N–H and O–H groups in total. The number of ketones is 2. The summed E-state index contributed by atoms with van der Waals surface area (Å²) in [6.45, 7) is 14.1. The predicted octanol–water partition coefficient (Wildman–Crippen LogP) is 5.81. The van der Waals surface area contributed by atoms with Gasteiger partial charge in [-0.05, 0) is 72.1 Å². The molecule has 3 nitrogen and oxygen atoms in total.